The Kier molecular flexibility index (Phi) is 7.98. The molecule has 0 spiro atoms. The molecular formula is C21H28N2O2S. The van der Waals surface area contributed by atoms with Gasteiger partial charge in [-0.1, -0.05) is 48.0 Å². The van der Waals surface area contributed by atoms with E-state index >= 15 is 0 Å². The largest absolute Gasteiger partial charge is 0.310 e. The molecule has 140 valence electrons. The Balaban J connectivity index is 1.23. The van der Waals surface area contributed by atoms with Crippen LogP contribution in [0.3, 0.4) is 0 Å². The highest BCUT2D eigenvalue weighted by Crippen LogP contribution is 2.19. The lowest BCUT2D eigenvalue weighted by Gasteiger charge is -2.33. The van der Waals surface area contributed by atoms with Gasteiger partial charge in [0.25, 0.3) is 0 Å². The summed E-state index contributed by atoms with van der Waals surface area (Å²) >= 11 is 1.47. The second-order valence-corrected chi connectivity index (χ2v) is 7.48. The Bertz CT molecular complexity index is 628. The van der Waals surface area contributed by atoms with Gasteiger partial charge in [0.2, 0.25) is 0 Å². The van der Waals surface area contributed by atoms with Crippen LogP contribution < -0.4 is 0 Å². The average Bonchev–Trinajstić information content (AvgIpc) is 2.69. The normalized spacial score (nSPS) is 16.0. The maximum Gasteiger partial charge on any atom is 0.0935 e. The summed E-state index contributed by atoms with van der Waals surface area (Å²) in [6, 6.07) is 18.8. The molecule has 0 aromatic heterocycles. The number of piperazine rings is 1. The van der Waals surface area contributed by atoms with Crippen molar-refractivity contribution in [2.75, 3.05) is 39.3 Å². The second-order valence-electron chi connectivity index (χ2n) is 6.60. The van der Waals surface area contributed by atoms with Crippen molar-refractivity contribution >= 4 is 12.0 Å². The first kappa shape index (κ1) is 19.4. The first-order chi connectivity index (χ1) is 12.8. The predicted molar refractivity (Wildman–Crippen MR) is 107 cm³/mol. The molecule has 0 aliphatic carbocycles. The van der Waals surface area contributed by atoms with Crippen molar-refractivity contribution < 1.29 is 9.02 Å². The van der Waals surface area contributed by atoms with Gasteiger partial charge in [-0.05, 0) is 31.0 Å². The third-order valence-corrected chi connectivity index (χ3v) is 5.22. The number of nitrogens with zero attached hydrogens (tertiary/aromatic N) is 2. The number of hydroxylamine groups is 2. The molecule has 2 aromatic rings. The van der Waals surface area contributed by atoms with Crippen LogP contribution >= 0.6 is 12.0 Å². The number of aryl methyl sites for hydroxylation is 1. The molecule has 0 atom stereocenters. The van der Waals surface area contributed by atoms with E-state index in [4.69, 9.17) is 9.02 Å². The number of hydrogen-bond donors (Lipinski definition) is 0. The summed E-state index contributed by atoms with van der Waals surface area (Å²) < 4.78 is 5.71. The fourth-order valence-corrected chi connectivity index (χ4v) is 3.46. The van der Waals surface area contributed by atoms with Crippen molar-refractivity contribution in [3.8, 4) is 0 Å². The lowest BCUT2D eigenvalue weighted by atomic mass is 10.2. The molecule has 1 heterocycles. The summed E-state index contributed by atoms with van der Waals surface area (Å²) in [7, 11) is 0. The van der Waals surface area contributed by atoms with Gasteiger partial charge in [-0.2, -0.15) is 5.06 Å². The standard InChI is InChI=1S/C21H28N2O2S/c1-19-8-10-21(11-9-19)26-25-17-5-12-22-13-15-23(16-14-22)24-18-20-6-3-2-4-7-20/h2-4,6-11H,5,12-18H2,1H3. The zero-order chi connectivity index (χ0) is 18.0. The maximum atomic E-state index is 5.90. The van der Waals surface area contributed by atoms with E-state index in [1.54, 1.807) is 0 Å². The lowest BCUT2D eigenvalue weighted by Crippen LogP contribution is -2.46. The fourth-order valence-electron chi connectivity index (χ4n) is 2.87. The van der Waals surface area contributed by atoms with Crippen molar-refractivity contribution in [2.24, 2.45) is 0 Å². The molecule has 1 aliphatic heterocycles. The molecule has 26 heavy (non-hydrogen) atoms. The quantitative estimate of drug-likeness (QED) is 0.486. The van der Waals surface area contributed by atoms with Crippen LogP contribution in [-0.4, -0.2) is 49.3 Å². The smallest absolute Gasteiger partial charge is 0.0935 e. The zero-order valence-corrected chi connectivity index (χ0v) is 16.3. The van der Waals surface area contributed by atoms with Crippen LogP contribution in [0.2, 0.25) is 0 Å². The molecule has 0 radical (unpaired) electrons. The Morgan fingerprint density at radius 1 is 0.923 bits per heavy atom. The third kappa shape index (κ3) is 6.74. The summed E-state index contributed by atoms with van der Waals surface area (Å²) in [5, 5.41) is 2.09. The third-order valence-electron chi connectivity index (χ3n) is 4.47. The molecule has 0 unspecified atom stereocenters. The molecule has 2 aromatic carbocycles. The van der Waals surface area contributed by atoms with Gasteiger partial charge in [-0.3, -0.25) is 4.84 Å². The Morgan fingerprint density at radius 2 is 1.65 bits per heavy atom. The minimum absolute atomic E-state index is 0.658. The van der Waals surface area contributed by atoms with Crippen molar-refractivity contribution in [3.05, 3.63) is 65.7 Å². The van der Waals surface area contributed by atoms with Crippen molar-refractivity contribution in [1.82, 2.24) is 9.96 Å². The fraction of sp³-hybridized carbons (Fsp3) is 0.429. The highest BCUT2D eigenvalue weighted by molar-refractivity contribution is 7.94. The monoisotopic (exact) mass is 372 g/mol. The van der Waals surface area contributed by atoms with Crippen LogP contribution in [0.1, 0.15) is 17.5 Å². The second kappa shape index (κ2) is 10.7. The predicted octanol–water partition coefficient (Wildman–Crippen LogP) is 4.16. The number of rotatable bonds is 9. The molecule has 1 aliphatic rings. The van der Waals surface area contributed by atoms with E-state index in [0.29, 0.717) is 6.61 Å². The van der Waals surface area contributed by atoms with Gasteiger partial charge >= 0.3 is 0 Å². The minimum atomic E-state index is 0.658. The van der Waals surface area contributed by atoms with Crippen LogP contribution in [0.25, 0.3) is 0 Å². The van der Waals surface area contributed by atoms with E-state index in [9.17, 15) is 0 Å². The van der Waals surface area contributed by atoms with E-state index in [0.717, 1.165) is 45.8 Å². The van der Waals surface area contributed by atoms with Crippen molar-refractivity contribution in [2.45, 2.75) is 24.8 Å². The van der Waals surface area contributed by atoms with Crippen LogP contribution in [0.15, 0.2) is 59.5 Å². The van der Waals surface area contributed by atoms with E-state index in [2.05, 4.69) is 65.4 Å². The number of benzene rings is 2. The van der Waals surface area contributed by atoms with Crippen LogP contribution in [0.4, 0.5) is 0 Å². The Labute approximate surface area is 161 Å². The molecule has 0 N–H and O–H groups in total. The van der Waals surface area contributed by atoms with Crippen molar-refractivity contribution in [3.63, 3.8) is 0 Å². The summed E-state index contributed by atoms with van der Waals surface area (Å²) in [6.07, 6.45) is 1.06. The molecule has 0 amide bonds. The SMILES string of the molecule is Cc1ccc(SOCCCN2CCN(OCc3ccccc3)CC2)cc1. The summed E-state index contributed by atoms with van der Waals surface area (Å²) in [6.45, 7) is 8.66. The van der Waals surface area contributed by atoms with Crippen molar-refractivity contribution in [1.29, 1.82) is 0 Å². The highest BCUT2D eigenvalue weighted by atomic mass is 32.2. The average molecular weight is 373 g/mol. The molecule has 1 fully saturated rings. The van der Waals surface area contributed by atoms with Crippen LogP contribution in [-0.2, 0) is 15.6 Å². The van der Waals surface area contributed by atoms with Gasteiger partial charge in [0, 0.05) is 49.7 Å². The summed E-state index contributed by atoms with van der Waals surface area (Å²) in [5.41, 5.74) is 2.50. The summed E-state index contributed by atoms with van der Waals surface area (Å²) in [4.78, 5) is 9.55. The van der Waals surface area contributed by atoms with E-state index < -0.39 is 0 Å². The topological polar surface area (TPSA) is 24.9 Å². The molecule has 0 saturated carbocycles. The first-order valence-electron chi connectivity index (χ1n) is 9.30. The van der Waals surface area contributed by atoms with E-state index in [1.807, 2.05) is 6.07 Å². The van der Waals surface area contributed by atoms with E-state index in [-0.39, 0.29) is 0 Å². The molecule has 3 rings (SSSR count). The highest BCUT2D eigenvalue weighted by Gasteiger charge is 2.16. The molecule has 0 bridgehead atoms. The van der Waals surface area contributed by atoms with Crippen LogP contribution in [0.5, 0.6) is 0 Å². The van der Waals surface area contributed by atoms with Crippen LogP contribution in [0, 0.1) is 6.92 Å². The zero-order valence-electron chi connectivity index (χ0n) is 15.5. The Morgan fingerprint density at radius 3 is 2.38 bits per heavy atom. The lowest BCUT2D eigenvalue weighted by molar-refractivity contribution is -0.186. The molecule has 4 nitrogen and oxygen atoms in total. The van der Waals surface area contributed by atoms with Gasteiger partial charge in [-0.25, -0.2) is 0 Å². The van der Waals surface area contributed by atoms with Gasteiger partial charge in [0.05, 0.1) is 13.2 Å². The van der Waals surface area contributed by atoms with Gasteiger partial charge in [0.1, 0.15) is 0 Å². The van der Waals surface area contributed by atoms with Gasteiger partial charge < -0.3 is 9.08 Å². The maximum absolute atomic E-state index is 5.90. The summed E-state index contributed by atoms with van der Waals surface area (Å²) in [5.74, 6) is 0. The minimum Gasteiger partial charge on any atom is -0.310 e. The first-order valence-corrected chi connectivity index (χ1v) is 10.0. The molecule has 5 heteroatoms. The van der Waals surface area contributed by atoms with Gasteiger partial charge in [0.15, 0.2) is 0 Å². The number of hydrogen-bond acceptors (Lipinski definition) is 5. The van der Waals surface area contributed by atoms with E-state index in [1.165, 1.54) is 28.1 Å². The van der Waals surface area contributed by atoms with Gasteiger partial charge in [-0.15, -0.1) is 0 Å². The molecular weight excluding hydrogens is 344 g/mol. The molecule has 1 saturated heterocycles. The Hall–Kier alpha value is -1.37.